The minimum atomic E-state index is -0.160. The van der Waals surface area contributed by atoms with Crippen LogP contribution in [0.5, 0.6) is 0 Å². The van der Waals surface area contributed by atoms with Crippen molar-refractivity contribution in [2.24, 2.45) is 5.92 Å². The molecule has 0 fully saturated rings. The van der Waals surface area contributed by atoms with E-state index in [0.29, 0.717) is 19.4 Å². The summed E-state index contributed by atoms with van der Waals surface area (Å²) < 4.78 is 5.13. The Kier molecular flexibility index (Phi) is 20.3. The quantitative estimate of drug-likeness (QED) is 0.133. The first-order valence-electron chi connectivity index (χ1n) is 11.2. The van der Waals surface area contributed by atoms with Crippen LogP contribution in [0.2, 0.25) is 0 Å². The molecule has 1 unspecified atom stereocenters. The molecule has 0 amide bonds. The molecule has 2 nitrogen and oxygen atoms in total. The smallest absolute Gasteiger partial charge is 0.309 e. The lowest BCUT2D eigenvalue weighted by atomic mass is 9.99. The van der Waals surface area contributed by atoms with Gasteiger partial charge in [-0.2, -0.15) is 0 Å². The lowest BCUT2D eigenvalue weighted by Gasteiger charge is -2.12. The SMILES string of the molecule is CC/C=C\C/C=C\C/C=C\C/C=C\C/C=C\C/C=C/CC(CC(C)=S)C(=O)OCC. The fraction of sp³-hybridized carbons (Fsp3) is 0.481. The van der Waals surface area contributed by atoms with Gasteiger partial charge in [-0.15, -0.1) is 0 Å². The molecule has 0 aliphatic carbocycles. The maximum Gasteiger partial charge on any atom is 0.309 e. The van der Waals surface area contributed by atoms with Crippen molar-refractivity contribution in [2.45, 2.75) is 72.1 Å². The molecule has 0 radical (unpaired) electrons. The molecule has 1 atom stereocenters. The molecule has 0 aromatic rings. The van der Waals surface area contributed by atoms with Crippen molar-refractivity contribution in [3.05, 3.63) is 72.9 Å². The van der Waals surface area contributed by atoms with Gasteiger partial charge in [0.15, 0.2) is 0 Å². The average molecular weight is 429 g/mol. The van der Waals surface area contributed by atoms with Gasteiger partial charge in [0.25, 0.3) is 0 Å². The molecule has 0 saturated heterocycles. The Balaban J connectivity index is 3.91. The molecule has 0 aromatic carbocycles. The number of hydrogen-bond donors (Lipinski definition) is 0. The maximum absolute atomic E-state index is 11.9. The van der Waals surface area contributed by atoms with Crippen molar-refractivity contribution in [2.75, 3.05) is 6.61 Å². The topological polar surface area (TPSA) is 26.3 Å². The summed E-state index contributed by atoms with van der Waals surface area (Å²) in [5.41, 5.74) is 0. The molecular weight excluding hydrogens is 388 g/mol. The first-order chi connectivity index (χ1) is 14.6. The third kappa shape index (κ3) is 19.3. The summed E-state index contributed by atoms with van der Waals surface area (Å²) in [6, 6.07) is 0. The van der Waals surface area contributed by atoms with E-state index in [0.717, 1.165) is 43.4 Å². The van der Waals surface area contributed by atoms with Crippen molar-refractivity contribution in [3.63, 3.8) is 0 Å². The van der Waals surface area contributed by atoms with Gasteiger partial charge in [-0.25, -0.2) is 0 Å². The highest BCUT2D eigenvalue weighted by Crippen LogP contribution is 2.13. The first kappa shape index (κ1) is 28.0. The minimum Gasteiger partial charge on any atom is -0.466 e. The van der Waals surface area contributed by atoms with E-state index in [-0.39, 0.29) is 11.9 Å². The lowest BCUT2D eigenvalue weighted by molar-refractivity contribution is -0.147. The predicted molar refractivity (Wildman–Crippen MR) is 136 cm³/mol. The van der Waals surface area contributed by atoms with E-state index in [4.69, 9.17) is 17.0 Å². The highest BCUT2D eigenvalue weighted by atomic mass is 32.1. The monoisotopic (exact) mass is 428 g/mol. The van der Waals surface area contributed by atoms with Crippen LogP contribution in [0.1, 0.15) is 72.1 Å². The molecule has 0 spiro atoms. The normalized spacial score (nSPS) is 13.7. The van der Waals surface area contributed by atoms with Crippen molar-refractivity contribution >= 4 is 23.1 Å². The fourth-order valence-corrected chi connectivity index (χ4v) is 2.85. The van der Waals surface area contributed by atoms with E-state index in [1.165, 1.54) is 0 Å². The number of thiocarbonyl (C=S) groups is 1. The van der Waals surface area contributed by atoms with Crippen LogP contribution in [0.15, 0.2) is 72.9 Å². The number of rotatable bonds is 17. The van der Waals surface area contributed by atoms with Crippen LogP contribution < -0.4 is 0 Å². The summed E-state index contributed by atoms with van der Waals surface area (Å²) in [6.45, 7) is 6.27. The van der Waals surface area contributed by atoms with Crippen LogP contribution in [0, 0.1) is 5.92 Å². The van der Waals surface area contributed by atoms with Crippen LogP contribution in [0.25, 0.3) is 0 Å². The summed E-state index contributed by atoms with van der Waals surface area (Å²) in [6.07, 6.45) is 33.3. The summed E-state index contributed by atoms with van der Waals surface area (Å²) in [7, 11) is 0. The Bertz CT molecular complexity index is 621. The molecule has 0 heterocycles. The van der Waals surface area contributed by atoms with Crippen LogP contribution in [0.3, 0.4) is 0 Å². The molecule has 0 aliphatic heterocycles. The molecule has 0 N–H and O–H groups in total. The van der Waals surface area contributed by atoms with Crippen molar-refractivity contribution in [1.29, 1.82) is 0 Å². The molecule has 0 rings (SSSR count). The van der Waals surface area contributed by atoms with Gasteiger partial charge >= 0.3 is 5.97 Å². The van der Waals surface area contributed by atoms with Gasteiger partial charge in [0.1, 0.15) is 0 Å². The van der Waals surface area contributed by atoms with Crippen LogP contribution in [0.4, 0.5) is 0 Å². The maximum atomic E-state index is 11.9. The minimum absolute atomic E-state index is 0.152. The van der Waals surface area contributed by atoms with Gasteiger partial charge in [0, 0.05) is 0 Å². The molecule has 0 saturated carbocycles. The molecule has 3 heteroatoms. The predicted octanol–water partition coefficient (Wildman–Crippen LogP) is 8.03. The van der Waals surface area contributed by atoms with Crippen molar-refractivity contribution in [3.8, 4) is 0 Å². The van der Waals surface area contributed by atoms with Crippen molar-refractivity contribution < 1.29 is 9.53 Å². The molecule has 30 heavy (non-hydrogen) atoms. The Morgan fingerprint density at radius 2 is 1.13 bits per heavy atom. The highest BCUT2D eigenvalue weighted by Gasteiger charge is 2.18. The number of allylic oxidation sites excluding steroid dienone is 12. The highest BCUT2D eigenvalue weighted by molar-refractivity contribution is 7.80. The lowest BCUT2D eigenvalue weighted by Crippen LogP contribution is -2.19. The Hall–Kier alpha value is -2.00. The standard InChI is InChI=1S/C27H40O2S/c1-4-6-7-8-9-10-11-12-13-14-15-16-17-18-19-20-21-22-23-26(24-25(3)30)27(28)29-5-2/h6-7,9-10,12-13,15-16,18-19,21-22,26H,4-5,8,11,14,17,20,23-24H2,1-3H3/b7-6-,10-9-,13-12-,16-15-,19-18-,22-21+. The zero-order valence-electron chi connectivity index (χ0n) is 19.1. The van der Waals surface area contributed by atoms with Crippen LogP contribution in [-0.4, -0.2) is 17.4 Å². The number of carbonyl (C=O) groups is 1. The number of ether oxygens (including phenoxy) is 1. The van der Waals surface area contributed by atoms with E-state index < -0.39 is 0 Å². The Morgan fingerprint density at radius 1 is 0.733 bits per heavy atom. The summed E-state index contributed by atoms with van der Waals surface area (Å²) in [4.78, 5) is 12.8. The van der Waals surface area contributed by atoms with Gasteiger partial charge in [0.2, 0.25) is 0 Å². The average Bonchev–Trinajstić information content (AvgIpc) is 2.72. The van der Waals surface area contributed by atoms with Gasteiger partial charge in [-0.05, 0) is 70.1 Å². The Morgan fingerprint density at radius 3 is 1.50 bits per heavy atom. The Labute approximate surface area is 190 Å². The second-order valence-corrected chi connectivity index (χ2v) is 7.70. The van der Waals surface area contributed by atoms with E-state index in [2.05, 4.69) is 79.8 Å². The van der Waals surface area contributed by atoms with Gasteiger partial charge in [-0.3, -0.25) is 4.79 Å². The fourth-order valence-electron chi connectivity index (χ4n) is 2.65. The van der Waals surface area contributed by atoms with Gasteiger partial charge in [0.05, 0.1) is 12.5 Å². The third-order valence-corrected chi connectivity index (χ3v) is 4.34. The van der Waals surface area contributed by atoms with Crippen LogP contribution in [-0.2, 0) is 9.53 Å². The largest absolute Gasteiger partial charge is 0.466 e. The summed E-state index contributed by atoms with van der Waals surface area (Å²) in [5.74, 6) is -0.312. The van der Waals surface area contributed by atoms with E-state index in [1.54, 1.807) is 0 Å². The van der Waals surface area contributed by atoms with E-state index in [9.17, 15) is 4.79 Å². The molecule has 0 bridgehead atoms. The summed E-state index contributed by atoms with van der Waals surface area (Å²) in [5, 5.41) is 0. The zero-order chi connectivity index (χ0) is 22.3. The summed E-state index contributed by atoms with van der Waals surface area (Å²) >= 11 is 5.14. The van der Waals surface area contributed by atoms with Crippen LogP contribution >= 0.6 is 12.2 Å². The molecular formula is C27H40O2S. The van der Waals surface area contributed by atoms with E-state index in [1.807, 2.05) is 13.8 Å². The molecule has 166 valence electrons. The second kappa shape index (κ2) is 21.7. The van der Waals surface area contributed by atoms with Gasteiger partial charge < -0.3 is 4.74 Å². The number of esters is 1. The van der Waals surface area contributed by atoms with E-state index >= 15 is 0 Å². The van der Waals surface area contributed by atoms with Gasteiger partial charge in [-0.1, -0.05) is 92.1 Å². The number of hydrogen-bond acceptors (Lipinski definition) is 3. The van der Waals surface area contributed by atoms with Crippen molar-refractivity contribution in [1.82, 2.24) is 0 Å². The molecule has 0 aromatic heterocycles. The zero-order valence-corrected chi connectivity index (χ0v) is 19.9. The first-order valence-corrected chi connectivity index (χ1v) is 11.6. The number of carbonyl (C=O) groups excluding carboxylic acids is 1. The second-order valence-electron chi connectivity index (χ2n) is 7.01. The molecule has 0 aliphatic rings. The third-order valence-electron chi connectivity index (χ3n) is 4.17.